The molecule has 0 aliphatic heterocycles. The monoisotopic (exact) mass is 278 g/mol. The first-order valence-electron chi connectivity index (χ1n) is 5.94. The van der Waals surface area contributed by atoms with Crippen molar-refractivity contribution in [2.75, 3.05) is 13.9 Å². The van der Waals surface area contributed by atoms with Crippen molar-refractivity contribution in [2.45, 2.75) is 6.92 Å². The minimum Gasteiger partial charge on any atom is -0.467 e. The van der Waals surface area contributed by atoms with Crippen LogP contribution in [-0.4, -0.2) is 13.9 Å². The second kappa shape index (κ2) is 6.65. The molecule has 0 saturated carbocycles. The Hall–Kier alpha value is -1.44. The summed E-state index contributed by atoms with van der Waals surface area (Å²) in [5, 5.41) is 1.68. The van der Waals surface area contributed by atoms with E-state index in [1.54, 1.807) is 19.2 Å². The van der Waals surface area contributed by atoms with E-state index in [1.807, 2.05) is 31.2 Å². The van der Waals surface area contributed by atoms with Gasteiger partial charge in [0.25, 0.3) is 0 Å². The number of methoxy groups -OCH3 is 1. The predicted molar refractivity (Wildman–Crippen MR) is 77.7 cm³/mol. The van der Waals surface area contributed by atoms with Crippen molar-refractivity contribution in [2.24, 2.45) is 0 Å². The molecule has 4 heteroatoms. The van der Waals surface area contributed by atoms with Crippen LogP contribution in [0.15, 0.2) is 42.5 Å². The molecule has 0 spiro atoms. The molecule has 0 amide bonds. The van der Waals surface area contributed by atoms with Crippen molar-refractivity contribution in [3.63, 3.8) is 0 Å². The highest BCUT2D eigenvalue weighted by molar-refractivity contribution is 7.55. The van der Waals surface area contributed by atoms with E-state index in [0.29, 0.717) is 5.30 Å². The second-order valence-corrected chi connectivity index (χ2v) is 5.48. The fraction of sp³-hybridized carbons (Fsp3) is 0.200. The fourth-order valence-corrected chi connectivity index (χ4v) is 2.95. The van der Waals surface area contributed by atoms with Gasteiger partial charge >= 0.3 is 0 Å². The molecule has 0 aliphatic carbocycles. The van der Waals surface area contributed by atoms with Gasteiger partial charge in [-0.25, -0.2) is 4.39 Å². The van der Waals surface area contributed by atoms with Crippen molar-refractivity contribution in [1.82, 2.24) is 0 Å². The van der Waals surface area contributed by atoms with E-state index < -0.39 is 0 Å². The maximum absolute atomic E-state index is 13.7. The molecule has 2 aromatic carbocycles. The van der Waals surface area contributed by atoms with E-state index in [9.17, 15) is 4.39 Å². The number of aryl methyl sites for hydroxylation is 1. The number of benzene rings is 2. The summed E-state index contributed by atoms with van der Waals surface area (Å²) in [4.78, 5) is 0. The summed E-state index contributed by atoms with van der Waals surface area (Å²) in [6.07, 6.45) is 0. The quantitative estimate of drug-likeness (QED) is 0.618. The number of halogens is 1. The summed E-state index contributed by atoms with van der Waals surface area (Å²) in [7, 11) is 1.80. The van der Waals surface area contributed by atoms with Crippen molar-refractivity contribution < 1.29 is 13.9 Å². The molecule has 1 atom stereocenters. The number of hydrogen-bond donors (Lipinski definition) is 0. The molecule has 100 valence electrons. The average molecular weight is 278 g/mol. The van der Waals surface area contributed by atoms with Gasteiger partial charge in [0.1, 0.15) is 11.6 Å². The normalized spacial score (nSPS) is 11.1. The standard InChI is InChI=1S/C15H16FO2P/c1-11-7-8-13(18-10-17-2)15(9-11)19-14-6-4-3-5-12(14)16/h3-9,19H,10H2,1-2H3. The maximum Gasteiger partial charge on any atom is 0.188 e. The molecule has 2 rings (SSSR count). The third-order valence-corrected chi connectivity index (χ3v) is 3.95. The first-order chi connectivity index (χ1) is 9.20. The summed E-state index contributed by atoms with van der Waals surface area (Å²) in [6, 6.07) is 12.7. The van der Waals surface area contributed by atoms with Crippen LogP contribution >= 0.6 is 8.58 Å². The highest BCUT2D eigenvalue weighted by Gasteiger charge is 2.08. The van der Waals surface area contributed by atoms with E-state index in [2.05, 4.69) is 0 Å². The zero-order chi connectivity index (χ0) is 13.7. The summed E-state index contributed by atoms with van der Waals surface area (Å²) in [6.45, 7) is 2.20. The minimum absolute atomic E-state index is 0.181. The van der Waals surface area contributed by atoms with Crippen LogP contribution < -0.4 is 15.3 Å². The van der Waals surface area contributed by atoms with Gasteiger partial charge in [-0.15, -0.1) is 0 Å². The predicted octanol–water partition coefficient (Wildman–Crippen LogP) is 2.75. The molecule has 2 nitrogen and oxygen atoms in total. The molecule has 0 saturated heterocycles. The summed E-state index contributed by atoms with van der Waals surface area (Å²) in [5.74, 6) is 0.564. The molecule has 0 N–H and O–H groups in total. The molecule has 0 aliphatic rings. The zero-order valence-electron chi connectivity index (χ0n) is 10.9. The lowest BCUT2D eigenvalue weighted by molar-refractivity contribution is 0.0519. The third kappa shape index (κ3) is 3.76. The van der Waals surface area contributed by atoms with Gasteiger partial charge in [-0.1, -0.05) is 38.4 Å². The molecular weight excluding hydrogens is 262 g/mol. The lowest BCUT2D eigenvalue weighted by Gasteiger charge is -2.12. The number of hydrogen-bond acceptors (Lipinski definition) is 2. The van der Waals surface area contributed by atoms with Gasteiger partial charge < -0.3 is 9.47 Å². The van der Waals surface area contributed by atoms with Crippen molar-refractivity contribution in [1.29, 1.82) is 0 Å². The van der Waals surface area contributed by atoms with Crippen LogP contribution in [-0.2, 0) is 4.74 Å². The van der Waals surface area contributed by atoms with Crippen molar-refractivity contribution >= 4 is 19.2 Å². The largest absolute Gasteiger partial charge is 0.467 e. The van der Waals surface area contributed by atoms with Crippen LogP contribution in [0.1, 0.15) is 5.56 Å². The summed E-state index contributed by atoms with van der Waals surface area (Å²) >= 11 is 0. The first-order valence-corrected chi connectivity index (χ1v) is 6.94. The lowest BCUT2D eigenvalue weighted by atomic mass is 10.2. The molecule has 19 heavy (non-hydrogen) atoms. The van der Waals surface area contributed by atoms with Crippen LogP contribution in [0.5, 0.6) is 5.75 Å². The first kappa shape index (κ1) is 14.0. The Kier molecular flexibility index (Phi) is 4.89. The van der Waals surface area contributed by atoms with Gasteiger partial charge in [-0.3, -0.25) is 0 Å². The van der Waals surface area contributed by atoms with E-state index in [1.165, 1.54) is 6.07 Å². The highest BCUT2D eigenvalue weighted by atomic mass is 31.1. The molecule has 1 unspecified atom stereocenters. The SMILES string of the molecule is COCOc1ccc(C)cc1Pc1ccccc1F. The number of ether oxygens (including phenoxy) is 2. The van der Waals surface area contributed by atoms with Crippen LogP contribution in [0.25, 0.3) is 0 Å². The Labute approximate surface area is 114 Å². The zero-order valence-corrected chi connectivity index (χ0v) is 11.9. The molecule has 0 bridgehead atoms. The summed E-state index contributed by atoms with van der Waals surface area (Å²) in [5.41, 5.74) is 1.13. The Morgan fingerprint density at radius 3 is 2.63 bits per heavy atom. The van der Waals surface area contributed by atoms with E-state index >= 15 is 0 Å². The van der Waals surface area contributed by atoms with Gasteiger partial charge in [0, 0.05) is 17.7 Å². The topological polar surface area (TPSA) is 18.5 Å². The Bertz CT molecular complexity index is 558. The lowest BCUT2D eigenvalue weighted by Crippen LogP contribution is -2.12. The van der Waals surface area contributed by atoms with Gasteiger partial charge in [0.15, 0.2) is 6.79 Å². The molecule has 2 aromatic rings. The van der Waals surface area contributed by atoms with Crippen LogP contribution in [0, 0.1) is 12.7 Å². The average Bonchev–Trinajstić information content (AvgIpc) is 2.40. The highest BCUT2D eigenvalue weighted by Crippen LogP contribution is 2.21. The second-order valence-electron chi connectivity index (χ2n) is 4.16. The van der Waals surface area contributed by atoms with Crippen LogP contribution in [0.3, 0.4) is 0 Å². The fourth-order valence-electron chi connectivity index (χ4n) is 1.70. The third-order valence-electron chi connectivity index (χ3n) is 2.61. The van der Waals surface area contributed by atoms with Crippen molar-refractivity contribution in [3.8, 4) is 5.75 Å². The molecule has 0 fully saturated rings. The molecule has 0 heterocycles. The minimum atomic E-state index is -0.181. The van der Waals surface area contributed by atoms with E-state index in [4.69, 9.17) is 9.47 Å². The smallest absolute Gasteiger partial charge is 0.188 e. The van der Waals surface area contributed by atoms with Crippen LogP contribution in [0.2, 0.25) is 0 Å². The molecule has 0 radical (unpaired) electrons. The Morgan fingerprint density at radius 1 is 1.11 bits per heavy atom. The van der Waals surface area contributed by atoms with Gasteiger partial charge in [0.2, 0.25) is 0 Å². The molecule has 0 aromatic heterocycles. The summed E-state index contributed by atoms with van der Waals surface area (Å²) < 4.78 is 24.1. The van der Waals surface area contributed by atoms with E-state index in [0.717, 1.165) is 16.6 Å². The Morgan fingerprint density at radius 2 is 1.89 bits per heavy atom. The van der Waals surface area contributed by atoms with Crippen LogP contribution in [0.4, 0.5) is 4.39 Å². The molecular formula is C15H16FO2P. The van der Waals surface area contributed by atoms with Crippen molar-refractivity contribution in [3.05, 3.63) is 53.8 Å². The Balaban J connectivity index is 2.27. The van der Waals surface area contributed by atoms with E-state index in [-0.39, 0.29) is 21.2 Å². The van der Waals surface area contributed by atoms with Gasteiger partial charge in [-0.05, 0) is 25.1 Å². The van der Waals surface area contributed by atoms with Gasteiger partial charge in [-0.2, -0.15) is 0 Å². The maximum atomic E-state index is 13.7. The van der Waals surface area contributed by atoms with Gasteiger partial charge in [0.05, 0.1) is 0 Å². The number of rotatable bonds is 5.